The molecule has 0 saturated heterocycles. The average molecular weight is 907 g/mol. The topological polar surface area (TPSA) is 28.4 Å². The van der Waals surface area contributed by atoms with Crippen molar-refractivity contribution in [2.45, 2.75) is 161 Å². The first-order valence-corrected chi connectivity index (χ1v) is 26.1. The zero-order valence-electron chi connectivity index (χ0n) is 43.7. The van der Waals surface area contributed by atoms with E-state index in [0.717, 1.165) is 54.2 Å². The Morgan fingerprint density at radius 1 is 0.464 bits per heavy atom. The van der Waals surface area contributed by atoms with Crippen LogP contribution in [0.4, 0.5) is 28.4 Å². The quantitative estimate of drug-likeness (QED) is 0.178. The van der Waals surface area contributed by atoms with Crippen molar-refractivity contribution in [2.75, 3.05) is 10.2 Å². The average Bonchev–Trinajstić information content (AvgIpc) is 3.66. The fraction of sp³-hybridized carbons (Fsp3) is 0.385. The highest BCUT2D eigenvalue weighted by Gasteiger charge is 2.42. The molecule has 4 heteroatoms. The van der Waals surface area contributed by atoms with Crippen molar-refractivity contribution in [3.8, 4) is 11.1 Å². The molecule has 0 atom stereocenters. The van der Waals surface area contributed by atoms with Crippen LogP contribution < -0.4 is 21.1 Å². The van der Waals surface area contributed by atoms with Crippen molar-refractivity contribution >= 4 is 79.4 Å². The van der Waals surface area contributed by atoms with Gasteiger partial charge in [0.1, 0.15) is 11.2 Å². The molecule has 3 aliphatic carbocycles. The van der Waals surface area contributed by atoms with Crippen molar-refractivity contribution in [3.63, 3.8) is 0 Å². The number of fused-ring (bicyclic) bond motifs is 10. The molecule has 350 valence electrons. The van der Waals surface area contributed by atoms with E-state index in [9.17, 15) is 0 Å². The van der Waals surface area contributed by atoms with E-state index in [2.05, 4.69) is 209 Å². The number of nitrogens with one attached hydrogen (secondary N) is 1. The van der Waals surface area contributed by atoms with Crippen LogP contribution in [-0.4, -0.2) is 7.28 Å². The molecule has 1 N–H and O–H groups in total. The van der Waals surface area contributed by atoms with Gasteiger partial charge < -0.3 is 14.6 Å². The third-order valence-corrected chi connectivity index (χ3v) is 18.4. The summed E-state index contributed by atoms with van der Waals surface area (Å²) in [5.41, 5.74) is 23.9. The molecule has 1 aromatic heterocycles. The normalized spacial score (nSPS) is 19.8. The molecule has 0 radical (unpaired) electrons. The first-order valence-electron chi connectivity index (χ1n) is 26.1. The molecule has 0 unspecified atom stereocenters. The van der Waals surface area contributed by atoms with E-state index >= 15 is 0 Å². The Hall–Kier alpha value is -5.74. The summed E-state index contributed by atoms with van der Waals surface area (Å²) in [6.45, 7) is 31.8. The lowest BCUT2D eigenvalue weighted by Crippen LogP contribution is -2.42. The summed E-state index contributed by atoms with van der Waals surface area (Å²) < 4.78 is 6.71. The summed E-state index contributed by atoms with van der Waals surface area (Å²) in [5, 5.41) is 9.05. The lowest BCUT2D eigenvalue weighted by molar-refractivity contribution is 0.332. The van der Waals surface area contributed by atoms with Crippen LogP contribution in [0, 0.1) is 6.92 Å². The fourth-order valence-electron chi connectivity index (χ4n) is 13.5. The third kappa shape index (κ3) is 6.81. The van der Waals surface area contributed by atoms with Crippen molar-refractivity contribution in [1.29, 1.82) is 0 Å². The van der Waals surface area contributed by atoms with E-state index in [-0.39, 0.29) is 32.5 Å². The second-order valence-electron chi connectivity index (χ2n) is 25.9. The van der Waals surface area contributed by atoms with Gasteiger partial charge in [0, 0.05) is 50.2 Å². The minimum Gasteiger partial charge on any atom is -0.456 e. The lowest BCUT2D eigenvalue weighted by Gasteiger charge is -2.44. The highest BCUT2D eigenvalue weighted by molar-refractivity contribution is 6.74. The number of rotatable bonds is 4. The zero-order valence-corrected chi connectivity index (χ0v) is 43.7. The lowest BCUT2D eigenvalue weighted by atomic mass is 9.57. The Balaban J connectivity index is 1.16. The second-order valence-corrected chi connectivity index (χ2v) is 25.9. The molecule has 0 spiro atoms. The summed E-state index contributed by atoms with van der Waals surface area (Å²) >= 11 is 0. The number of nitrogens with zero attached hydrogens (tertiary/aromatic N) is 1. The SMILES string of the molecule is Cc1cc2c(cc1N1c3cc4c(cc3Bc3c(-c5cc6c(cc5Nc5ccc7c(c5)C(C)(C)CCC7(C)C)C(C)(C)CCC6(C)C)cc5ccccc5c31)oc1ccccc14)C(C)(C)CCC2(C)C. The van der Waals surface area contributed by atoms with Crippen LogP contribution in [0.15, 0.2) is 114 Å². The van der Waals surface area contributed by atoms with E-state index in [1.165, 1.54) is 114 Å². The first kappa shape index (κ1) is 44.5. The number of benzene rings is 7. The Kier molecular flexibility index (Phi) is 9.45. The number of para-hydroxylation sites is 1. The van der Waals surface area contributed by atoms with Crippen LogP contribution in [0.2, 0.25) is 0 Å². The van der Waals surface area contributed by atoms with Crippen LogP contribution in [0.25, 0.3) is 43.8 Å². The second kappa shape index (κ2) is 14.7. The zero-order chi connectivity index (χ0) is 48.4. The van der Waals surface area contributed by atoms with Gasteiger partial charge in [-0.15, -0.1) is 0 Å². The molecule has 4 aliphatic rings. The maximum atomic E-state index is 6.71. The van der Waals surface area contributed by atoms with Gasteiger partial charge in [0.25, 0.3) is 0 Å². The smallest absolute Gasteiger partial charge is 0.198 e. The monoisotopic (exact) mass is 907 g/mol. The highest BCUT2D eigenvalue weighted by atomic mass is 16.3. The van der Waals surface area contributed by atoms with Gasteiger partial charge in [-0.1, -0.05) is 143 Å². The summed E-state index contributed by atoms with van der Waals surface area (Å²) in [4.78, 5) is 2.68. The highest BCUT2D eigenvalue weighted by Crippen LogP contribution is 2.54. The van der Waals surface area contributed by atoms with Crippen LogP contribution in [0.5, 0.6) is 0 Å². The molecular weight excluding hydrogens is 836 g/mol. The minimum atomic E-state index is 0.0306. The first-order chi connectivity index (χ1) is 32.5. The van der Waals surface area contributed by atoms with E-state index in [0.29, 0.717) is 0 Å². The molecule has 8 aromatic rings. The van der Waals surface area contributed by atoms with Gasteiger partial charge in [-0.05, 0) is 188 Å². The number of anilines is 5. The van der Waals surface area contributed by atoms with E-state index in [4.69, 9.17) is 4.42 Å². The Morgan fingerprint density at radius 2 is 1.01 bits per heavy atom. The summed E-state index contributed by atoms with van der Waals surface area (Å²) in [7, 11) is 0.782. The van der Waals surface area contributed by atoms with Gasteiger partial charge in [-0.2, -0.15) is 0 Å². The molecule has 12 rings (SSSR count). The van der Waals surface area contributed by atoms with Crippen LogP contribution in [-0.2, 0) is 32.5 Å². The van der Waals surface area contributed by atoms with Crippen LogP contribution in [0.1, 0.15) is 161 Å². The maximum Gasteiger partial charge on any atom is 0.198 e. The van der Waals surface area contributed by atoms with Gasteiger partial charge in [0.2, 0.25) is 0 Å². The predicted octanol–water partition coefficient (Wildman–Crippen LogP) is 16.7. The van der Waals surface area contributed by atoms with E-state index in [1.54, 1.807) is 0 Å². The number of hydrogen-bond acceptors (Lipinski definition) is 3. The summed E-state index contributed by atoms with van der Waals surface area (Å²) in [6, 6.07) is 42.7. The molecule has 2 heterocycles. The third-order valence-electron chi connectivity index (χ3n) is 18.4. The molecule has 3 nitrogen and oxygen atoms in total. The van der Waals surface area contributed by atoms with Crippen molar-refractivity contribution in [2.24, 2.45) is 0 Å². The Bertz CT molecular complexity index is 3480. The van der Waals surface area contributed by atoms with Crippen LogP contribution >= 0.6 is 0 Å². The standard InChI is InChI=1S/C65H71BN2O/c1-38-30-47-51(65(12,13)29-26-61(47,4)5)36-54(38)68-55-34-44-42-20-16-17-21-56(42)69-57(44)37-52(55)66-58-45(31-39-18-14-15-19-41(39)59(58)68)43-33-49-50(64(10,11)28-27-63(49,8)9)35-53(43)67-40-22-23-46-48(32-40)62(6,7)25-24-60(46,2)3/h14-23,30-37,66-67H,24-29H2,1-13H3. The molecule has 69 heavy (non-hydrogen) atoms. The molecule has 0 bridgehead atoms. The predicted molar refractivity (Wildman–Crippen MR) is 298 cm³/mol. The number of hydrogen-bond donors (Lipinski definition) is 1. The van der Waals surface area contributed by atoms with Crippen molar-refractivity contribution in [1.82, 2.24) is 0 Å². The largest absolute Gasteiger partial charge is 0.456 e. The molecule has 0 saturated carbocycles. The van der Waals surface area contributed by atoms with Gasteiger partial charge >= 0.3 is 0 Å². The fourth-order valence-corrected chi connectivity index (χ4v) is 13.5. The maximum absolute atomic E-state index is 6.71. The molecule has 7 aromatic carbocycles. The summed E-state index contributed by atoms with van der Waals surface area (Å²) in [5.74, 6) is 0. The molecular formula is C65H71BN2O. The molecule has 0 amide bonds. The van der Waals surface area contributed by atoms with E-state index < -0.39 is 0 Å². The van der Waals surface area contributed by atoms with Gasteiger partial charge in [0.15, 0.2) is 7.28 Å². The Morgan fingerprint density at radius 3 is 1.68 bits per heavy atom. The minimum absolute atomic E-state index is 0.0306. The van der Waals surface area contributed by atoms with Gasteiger partial charge in [-0.3, -0.25) is 0 Å². The van der Waals surface area contributed by atoms with Crippen LogP contribution in [0.3, 0.4) is 0 Å². The molecule has 1 aliphatic heterocycles. The Labute approximate surface area is 412 Å². The van der Waals surface area contributed by atoms with Crippen molar-refractivity contribution in [3.05, 3.63) is 148 Å². The molecule has 0 fully saturated rings. The van der Waals surface area contributed by atoms with E-state index in [1.807, 2.05) is 0 Å². The van der Waals surface area contributed by atoms with Gasteiger partial charge in [0.05, 0.1) is 0 Å². The number of aryl methyl sites for hydroxylation is 1. The van der Waals surface area contributed by atoms with Gasteiger partial charge in [-0.25, -0.2) is 0 Å². The summed E-state index contributed by atoms with van der Waals surface area (Å²) in [6.07, 6.45) is 7.06. The number of furan rings is 1. The van der Waals surface area contributed by atoms with Crippen molar-refractivity contribution < 1.29 is 4.42 Å².